The molecule has 1 saturated heterocycles. The van der Waals surface area contributed by atoms with Crippen molar-refractivity contribution in [2.24, 2.45) is 0 Å². The Labute approximate surface area is 174 Å². The molecule has 0 unspecified atom stereocenters. The normalized spacial score (nSPS) is 24.1. The highest BCUT2D eigenvalue weighted by Crippen LogP contribution is 2.34. The summed E-state index contributed by atoms with van der Waals surface area (Å²) in [5.74, 6) is 1.04. The van der Waals surface area contributed by atoms with E-state index in [9.17, 15) is 0 Å². The lowest BCUT2D eigenvalue weighted by Gasteiger charge is -2.43. The van der Waals surface area contributed by atoms with Crippen LogP contribution in [0.5, 0.6) is 0 Å². The summed E-state index contributed by atoms with van der Waals surface area (Å²) in [7, 11) is 0. The fraction of sp³-hybridized carbons (Fsp3) is 0.696. The Morgan fingerprint density at radius 1 is 0.759 bits per heavy atom. The van der Waals surface area contributed by atoms with Gasteiger partial charge in [0.25, 0.3) is 0 Å². The van der Waals surface area contributed by atoms with Crippen molar-refractivity contribution in [2.45, 2.75) is 75.9 Å². The fourth-order valence-electron chi connectivity index (χ4n) is 5.75. The molecule has 3 fully saturated rings. The molecule has 29 heavy (non-hydrogen) atoms. The largest absolute Gasteiger partial charge is 0.298 e. The van der Waals surface area contributed by atoms with Crippen LogP contribution in [0.1, 0.15) is 81.3 Å². The predicted octanol–water partition coefficient (Wildman–Crippen LogP) is 3.83. The molecule has 0 radical (unpaired) electrons. The van der Waals surface area contributed by atoms with Crippen molar-refractivity contribution in [1.82, 2.24) is 30.0 Å². The molecular formula is C23H34N6. The number of hydrogen-bond acceptors (Lipinski definition) is 5. The molecule has 6 nitrogen and oxygen atoms in total. The average molecular weight is 395 g/mol. The number of rotatable bonds is 5. The van der Waals surface area contributed by atoms with Crippen molar-refractivity contribution < 1.29 is 0 Å². The van der Waals surface area contributed by atoms with E-state index < -0.39 is 0 Å². The highest BCUT2D eigenvalue weighted by molar-refractivity contribution is 5.25. The minimum Gasteiger partial charge on any atom is -0.298 e. The van der Waals surface area contributed by atoms with E-state index in [0.717, 1.165) is 25.0 Å². The third-order valence-corrected chi connectivity index (χ3v) is 7.35. The molecule has 0 bridgehead atoms. The number of aromatic nitrogens is 4. The predicted molar refractivity (Wildman–Crippen MR) is 114 cm³/mol. The summed E-state index contributed by atoms with van der Waals surface area (Å²) in [6.45, 7) is 4.51. The zero-order chi connectivity index (χ0) is 19.5. The van der Waals surface area contributed by atoms with Crippen LogP contribution < -0.4 is 0 Å². The van der Waals surface area contributed by atoms with Crippen molar-refractivity contribution in [2.75, 3.05) is 26.2 Å². The smallest absolute Gasteiger partial charge is 0.173 e. The minimum absolute atomic E-state index is 0.153. The van der Waals surface area contributed by atoms with E-state index in [2.05, 4.69) is 60.3 Å². The van der Waals surface area contributed by atoms with Gasteiger partial charge in [0, 0.05) is 32.2 Å². The number of nitrogens with zero attached hydrogens (tertiary/aromatic N) is 6. The van der Waals surface area contributed by atoms with Crippen LogP contribution in [0.25, 0.3) is 0 Å². The van der Waals surface area contributed by atoms with Gasteiger partial charge in [0.2, 0.25) is 0 Å². The van der Waals surface area contributed by atoms with Crippen LogP contribution in [0.2, 0.25) is 0 Å². The molecule has 2 aliphatic carbocycles. The first kappa shape index (κ1) is 19.2. The average Bonchev–Trinajstić information content (AvgIpc) is 3.48. The van der Waals surface area contributed by atoms with Crippen LogP contribution in [0, 0.1) is 0 Å². The molecule has 5 rings (SSSR count). The van der Waals surface area contributed by atoms with Gasteiger partial charge in [-0.25, -0.2) is 4.68 Å². The van der Waals surface area contributed by atoms with Crippen molar-refractivity contribution >= 4 is 0 Å². The summed E-state index contributed by atoms with van der Waals surface area (Å²) >= 11 is 0. The summed E-state index contributed by atoms with van der Waals surface area (Å²) in [6, 6.07) is 12.3. The standard InChI is InChI=1S/C23H34N6/c1-3-9-19(10-4-1)22(23-24-25-26-29(23)21-13-7-8-14-21)28-17-15-27(16-18-28)20-11-5-2-6-12-20/h1,3-4,9-10,20-22H,2,5-8,11-18H2/t22-/m0/s1. The molecule has 1 atom stereocenters. The van der Waals surface area contributed by atoms with Crippen LogP contribution in [0.3, 0.4) is 0 Å². The fourth-order valence-corrected chi connectivity index (χ4v) is 5.75. The van der Waals surface area contributed by atoms with Gasteiger partial charge in [0.15, 0.2) is 5.82 Å². The van der Waals surface area contributed by atoms with Crippen molar-refractivity contribution in [1.29, 1.82) is 0 Å². The molecule has 3 aliphatic rings. The lowest BCUT2D eigenvalue weighted by Crippen LogP contribution is -2.52. The second kappa shape index (κ2) is 8.92. The van der Waals surface area contributed by atoms with Gasteiger partial charge >= 0.3 is 0 Å². The highest BCUT2D eigenvalue weighted by Gasteiger charge is 2.34. The monoisotopic (exact) mass is 394 g/mol. The van der Waals surface area contributed by atoms with Gasteiger partial charge in [-0.3, -0.25) is 9.80 Å². The Morgan fingerprint density at radius 2 is 1.41 bits per heavy atom. The number of benzene rings is 1. The maximum absolute atomic E-state index is 4.57. The number of piperazine rings is 1. The Bertz CT molecular complexity index is 755. The third kappa shape index (κ3) is 4.10. The molecule has 2 aromatic rings. The second-order valence-electron chi connectivity index (χ2n) is 9.10. The van der Waals surface area contributed by atoms with E-state index in [-0.39, 0.29) is 6.04 Å². The van der Waals surface area contributed by atoms with Crippen molar-refractivity contribution in [3.63, 3.8) is 0 Å². The summed E-state index contributed by atoms with van der Waals surface area (Å²) in [5.41, 5.74) is 1.31. The van der Waals surface area contributed by atoms with E-state index in [1.165, 1.54) is 76.4 Å². The Hall–Kier alpha value is -1.79. The Morgan fingerprint density at radius 3 is 2.14 bits per heavy atom. The topological polar surface area (TPSA) is 50.1 Å². The first-order chi connectivity index (χ1) is 14.4. The Kier molecular flexibility index (Phi) is 5.90. The lowest BCUT2D eigenvalue weighted by molar-refractivity contribution is 0.0615. The van der Waals surface area contributed by atoms with Crippen LogP contribution in [0.15, 0.2) is 30.3 Å². The van der Waals surface area contributed by atoms with Gasteiger partial charge in [0.1, 0.15) is 0 Å². The van der Waals surface area contributed by atoms with E-state index in [1.54, 1.807) is 0 Å². The molecule has 2 heterocycles. The zero-order valence-corrected chi connectivity index (χ0v) is 17.5. The number of tetrazole rings is 1. The summed E-state index contributed by atoms with van der Waals surface area (Å²) < 4.78 is 2.15. The third-order valence-electron chi connectivity index (χ3n) is 7.35. The zero-order valence-electron chi connectivity index (χ0n) is 17.5. The molecule has 2 saturated carbocycles. The van der Waals surface area contributed by atoms with Crippen LogP contribution in [-0.4, -0.2) is 62.2 Å². The van der Waals surface area contributed by atoms with E-state index in [4.69, 9.17) is 0 Å². The Balaban J connectivity index is 1.37. The van der Waals surface area contributed by atoms with Crippen LogP contribution in [0.4, 0.5) is 0 Å². The molecule has 0 N–H and O–H groups in total. The van der Waals surface area contributed by atoms with Gasteiger partial charge in [-0.15, -0.1) is 5.10 Å². The molecular weight excluding hydrogens is 360 g/mol. The molecule has 156 valence electrons. The SMILES string of the molecule is c1ccc([C@@H](c2nnnn2C2CCCC2)N2CCN(C3CCCCC3)CC2)cc1. The van der Waals surface area contributed by atoms with E-state index in [0.29, 0.717) is 6.04 Å². The summed E-state index contributed by atoms with van der Waals surface area (Å²) in [6.07, 6.45) is 12.0. The molecule has 1 aromatic heterocycles. The van der Waals surface area contributed by atoms with Gasteiger partial charge in [-0.05, 0) is 41.7 Å². The second-order valence-corrected chi connectivity index (χ2v) is 9.10. The quantitative estimate of drug-likeness (QED) is 0.771. The minimum atomic E-state index is 0.153. The maximum Gasteiger partial charge on any atom is 0.173 e. The molecule has 1 aromatic carbocycles. The number of hydrogen-bond donors (Lipinski definition) is 0. The lowest BCUT2D eigenvalue weighted by atomic mass is 9.93. The van der Waals surface area contributed by atoms with Gasteiger partial charge in [0.05, 0.1) is 12.1 Å². The molecule has 6 heteroatoms. The van der Waals surface area contributed by atoms with E-state index >= 15 is 0 Å². The van der Waals surface area contributed by atoms with Gasteiger partial charge in [-0.2, -0.15) is 0 Å². The highest BCUT2D eigenvalue weighted by atomic mass is 15.6. The van der Waals surface area contributed by atoms with Gasteiger partial charge in [-0.1, -0.05) is 62.4 Å². The molecule has 0 amide bonds. The molecule has 0 spiro atoms. The van der Waals surface area contributed by atoms with E-state index in [1.807, 2.05) is 0 Å². The first-order valence-corrected chi connectivity index (χ1v) is 11.7. The first-order valence-electron chi connectivity index (χ1n) is 11.7. The van der Waals surface area contributed by atoms with Crippen molar-refractivity contribution in [3.05, 3.63) is 41.7 Å². The van der Waals surface area contributed by atoms with Crippen LogP contribution in [-0.2, 0) is 0 Å². The summed E-state index contributed by atoms with van der Waals surface area (Å²) in [5, 5.41) is 13.1. The summed E-state index contributed by atoms with van der Waals surface area (Å²) in [4.78, 5) is 5.36. The van der Waals surface area contributed by atoms with Crippen LogP contribution >= 0.6 is 0 Å². The molecule has 1 aliphatic heterocycles. The van der Waals surface area contributed by atoms with Gasteiger partial charge < -0.3 is 0 Å². The van der Waals surface area contributed by atoms with Crippen molar-refractivity contribution in [3.8, 4) is 0 Å². The maximum atomic E-state index is 4.57.